The quantitative estimate of drug-likeness (QED) is 0.627. The van der Waals surface area contributed by atoms with E-state index in [1.54, 1.807) is 7.11 Å². The van der Waals surface area contributed by atoms with Gasteiger partial charge in [0, 0.05) is 33.4 Å². The van der Waals surface area contributed by atoms with Gasteiger partial charge in [-0.15, -0.1) is 0 Å². The minimum atomic E-state index is 0.866. The van der Waals surface area contributed by atoms with E-state index >= 15 is 0 Å². The summed E-state index contributed by atoms with van der Waals surface area (Å²) < 4.78 is 5.02. The summed E-state index contributed by atoms with van der Waals surface area (Å²) in [5.41, 5.74) is 0. The molecule has 1 aliphatic rings. The molecular weight excluding hydrogens is 212 g/mol. The van der Waals surface area contributed by atoms with Crippen LogP contribution in [0.3, 0.4) is 0 Å². The fourth-order valence-electron chi connectivity index (χ4n) is 2.64. The fourth-order valence-corrected chi connectivity index (χ4v) is 2.64. The van der Waals surface area contributed by atoms with Crippen LogP contribution in [-0.4, -0.2) is 51.8 Å². The second kappa shape index (κ2) is 9.86. The molecule has 1 rings (SSSR count). The summed E-state index contributed by atoms with van der Waals surface area (Å²) in [6.45, 7) is 5.51. The Morgan fingerprint density at radius 1 is 1.18 bits per heavy atom. The molecule has 1 saturated carbocycles. The van der Waals surface area contributed by atoms with Gasteiger partial charge in [0.05, 0.1) is 0 Å². The van der Waals surface area contributed by atoms with Gasteiger partial charge in [0.1, 0.15) is 0 Å². The lowest BCUT2D eigenvalue weighted by molar-refractivity contribution is 0.193. The molecule has 17 heavy (non-hydrogen) atoms. The Morgan fingerprint density at radius 3 is 2.65 bits per heavy atom. The second-order valence-corrected chi connectivity index (χ2v) is 5.36. The first kappa shape index (κ1) is 14.9. The summed E-state index contributed by atoms with van der Waals surface area (Å²) in [6.07, 6.45) is 8.38. The van der Waals surface area contributed by atoms with E-state index in [4.69, 9.17) is 4.74 Å². The topological polar surface area (TPSA) is 24.5 Å². The van der Waals surface area contributed by atoms with Crippen molar-refractivity contribution in [1.82, 2.24) is 10.2 Å². The predicted octanol–water partition coefficient (Wildman–Crippen LogP) is 2.12. The van der Waals surface area contributed by atoms with E-state index in [-0.39, 0.29) is 0 Å². The number of nitrogens with one attached hydrogen (secondary N) is 1. The number of rotatable bonds is 9. The maximum Gasteiger partial charge on any atom is 0.0474 e. The van der Waals surface area contributed by atoms with Crippen LogP contribution in [-0.2, 0) is 4.74 Å². The van der Waals surface area contributed by atoms with Gasteiger partial charge in [0.15, 0.2) is 0 Å². The van der Waals surface area contributed by atoms with E-state index < -0.39 is 0 Å². The monoisotopic (exact) mass is 242 g/mol. The zero-order chi connectivity index (χ0) is 12.3. The number of methoxy groups -OCH3 is 1. The van der Waals surface area contributed by atoms with Gasteiger partial charge in [-0.1, -0.05) is 19.3 Å². The number of likely N-dealkylation sites (N-methyl/N-ethyl adjacent to an activating group) is 1. The van der Waals surface area contributed by atoms with Crippen LogP contribution >= 0.6 is 0 Å². The van der Waals surface area contributed by atoms with E-state index in [0.29, 0.717) is 0 Å². The first-order valence-electron chi connectivity index (χ1n) is 7.21. The van der Waals surface area contributed by atoms with Crippen LogP contribution < -0.4 is 5.32 Å². The molecule has 0 aromatic carbocycles. The molecule has 3 nitrogen and oxygen atoms in total. The van der Waals surface area contributed by atoms with Crippen LogP contribution in [0.25, 0.3) is 0 Å². The average molecular weight is 242 g/mol. The molecule has 1 aliphatic carbocycles. The lowest BCUT2D eigenvalue weighted by Crippen LogP contribution is -2.33. The van der Waals surface area contributed by atoms with Crippen LogP contribution in [0.2, 0.25) is 0 Å². The molecule has 0 saturated heterocycles. The van der Waals surface area contributed by atoms with E-state index in [2.05, 4.69) is 17.3 Å². The first-order chi connectivity index (χ1) is 8.33. The van der Waals surface area contributed by atoms with Gasteiger partial charge in [-0.25, -0.2) is 0 Å². The molecule has 0 unspecified atom stereocenters. The van der Waals surface area contributed by atoms with E-state index in [1.807, 2.05) is 0 Å². The van der Waals surface area contributed by atoms with E-state index in [9.17, 15) is 0 Å². The van der Waals surface area contributed by atoms with Crippen molar-refractivity contribution in [2.24, 2.45) is 5.92 Å². The van der Waals surface area contributed by atoms with Gasteiger partial charge in [-0.2, -0.15) is 0 Å². The normalized spacial score (nSPS) is 17.8. The third kappa shape index (κ3) is 7.74. The molecule has 1 fully saturated rings. The number of hydrogen-bond donors (Lipinski definition) is 1. The van der Waals surface area contributed by atoms with E-state index in [0.717, 1.165) is 32.0 Å². The number of nitrogens with zero attached hydrogens (tertiary/aromatic N) is 1. The van der Waals surface area contributed by atoms with Crippen LogP contribution in [0.5, 0.6) is 0 Å². The molecule has 0 bridgehead atoms. The molecule has 0 aromatic heterocycles. The Balaban J connectivity index is 1.91. The molecule has 0 aromatic rings. The summed E-state index contributed by atoms with van der Waals surface area (Å²) in [4.78, 5) is 2.49. The molecule has 0 radical (unpaired) electrons. The third-order valence-electron chi connectivity index (χ3n) is 3.67. The van der Waals surface area contributed by atoms with Crippen molar-refractivity contribution < 1.29 is 4.74 Å². The maximum atomic E-state index is 5.02. The molecule has 102 valence electrons. The Morgan fingerprint density at radius 2 is 1.94 bits per heavy atom. The van der Waals surface area contributed by atoms with Crippen molar-refractivity contribution in [3.63, 3.8) is 0 Å². The highest BCUT2D eigenvalue weighted by atomic mass is 16.5. The van der Waals surface area contributed by atoms with Gasteiger partial charge < -0.3 is 15.0 Å². The lowest BCUT2D eigenvalue weighted by atomic mass is 9.89. The zero-order valence-electron chi connectivity index (χ0n) is 11.7. The predicted molar refractivity (Wildman–Crippen MR) is 73.4 cm³/mol. The Hall–Kier alpha value is -0.120. The highest BCUT2D eigenvalue weighted by Gasteiger charge is 2.14. The molecular formula is C14H30N2O. The molecule has 0 aliphatic heterocycles. The smallest absolute Gasteiger partial charge is 0.0474 e. The molecule has 1 N–H and O–H groups in total. The highest BCUT2D eigenvalue weighted by molar-refractivity contribution is 4.69. The zero-order valence-corrected chi connectivity index (χ0v) is 11.7. The van der Waals surface area contributed by atoms with Crippen molar-refractivity contribution in [2.75, 3.05) is 46.9 Å². The summed E-state index contributed by atoms with van der Waals surface area (Å²) in [6, 6.07) is 0. The van der Waals surface area contributed by atoms with Gasteiger partial charge in [0.25, 0.3) is 0 Å². The molecule has 0 amide bonds. The summed E-state index contributed by atoms with van der Waals surface area (Å²) in [7, 11) is 4.02. The van der Waals surface area contributed by atoms with Crippen LogP contribution in [0, 0.1) is 5.92 Å². The first-order valence-corrected chi connectivity index (χ1v) is 7.21. The average Bonchev–Trinajstić information content (AvgIpc) is 2.35. The van der Waals surface area contributed by atoms with Gasteiger partial charge >= 0.3 is 0 Å². The second-order valence-electron chi connectivity index (χ2n) is 5.36. The van der Waals surface area contributed by atoms with Crippen LogP contribution in [0.15, 0.2) is 0 Å². The largest absolute Gasteiger partial charge is 0.385 e. The molecule has 0 atom stereocenters. The molecule has 0 spiro atoms. The summed E-state index contributed by atoms with van der Waals surface area (Å²) in [5, 5.41) is 3.47. The Labute approximate surface area is 107 Å². The van der Waals surface area contributed by atoms with Gasteiger partial charge in [-0.3, -0.25) is 0 Å². The Kier molecular flexibility index (Phi) is 8.67. The SMILES string of the molecule is COCCCNCCN(C)CC1CCCCC1. The van der Waals surface area contributed by atoms with Crippen molar-refractivity contribution in [3.8, 4) is 0 Å². The third-order valence-corrected chi connectivity index (χ3v) is 3.67. The minimum Gasteiger partial charge on any atom is -0.385 e. The van der Waals surface area contributed by atoms with Crippen molar-refractivity contribution in [1.29, 1.82) is 0 Å². The maximum absolute atomic E-state index is 5.02. The lowest BCUT2D eigenvalue weighted by Gasteiger charge is -2.27. The summed E-state index contributed by atoms with van der Waals surface area (Å²) in [5.74, 6) is 0.960. The van der Waals surface area contributed by atoms with E-state index in [1.165, 1.54) is 45.2 Å². The van der Waals surface area contributed by atoms with Crippen molar-refractivity contribution in [3.05, 3.63) is 0 Å². The van der Waals surface area contributed by atoms with Crippen molar-refractivity contribution >= 4 is 0 Å². The minimum absolute atomic E-state index is 0.866. The van der Waals surface area contributed by atoms with Crippen LogP contribution in [0.1, 0.15) is 38.5 Å². The Bertz CT molecular complexity index is 170. The molecule has 0 heterocycles. The highest BCUT2D eigenvalue weighted by Crippen LogP contribution is 2.23. The van der Waals surface area contributed by atoms with Gasteiger partial charge in [-0.05, 0) is 38.8 Å². The summed E-state index contributed by atoms with van der Waals surface area (Å²) >= 11 is 0. The number of ether oxygens (including phenoxy) is 1. The fraction of sp³-hybridized carbons (Fsp3) is 1.00. The van der Waals surface area contributed by atoms with Crippen LogP contribution in [0.4, 0.5) is 0 Å². The van der Waals surface area contributed by atoms with Gasteiger partial charge in [0.2, 0.25) is 0 Å². The standard InChI is InChI=1S/C14H30N2O/c1-16(11-10-15-9-6-12-17-2)13-14-7-4-3-5-8-14/h14-15H,3-13H2,1-2H3. The number of hydrogen-bond acceptors (Lipinski definition) is 3. The van der Waals surface area contributed by atoms with Crippen molar-refractivity contribution in [2.45, 2.75) is 38.5 Å². The molecule has 3 heteroatoms.